The molecule has 9 heteroatoms. The van der Waals surface area contributed by atoms with Gasteiger partial charge in [0.05, 0.1) is 25.5 Å². The first-order valence-electron chi connectivity index (χ1n) is 9.10. The number of Topliss-reactive ketones (excluding diaryl/α,β-unsaturated/α-hetero) is 1. The Kier molecular flexibility index (Phi) is 6.63. The lowest BCUT2D eigenvalue weighted by Crippen LogP contribution is -2.05. The first-order chi connectivity index (χ1) is 14.3. The summed E-state index contributed by atoms with van der Waals surface area (Å²) in [5.74, 6) is 1.31. The predicted octanol–water partition coefficient (Wildman–Crippen LogP) is 3.29. The van der Waals surface area contributed by atoms with Crippen LogP contribution in [0, 0.1) is 13.8 Å². The quantitative estimate of drug-likeness (QED) is 0.263. The number of ether oxygens (including phenoxy) is 3. The highest BCUT2D eigenvalue weighted by Crippen LogP contribution is 2.43. The zero-order valence-electron chi connectivity index (χ0n) is 17.2. The Labute approximate surface area is 175 Å². The molecule has 0 saturated heterocycles. The average molecular weight is 433 g/mol. The first-order valence-corrected chi connectivity index (χ1v) is 10.3. The normalized spacial score (nSPS) is 14.4. The smallest absolute Gasteiger partial charge is 0.330 e. The summed E-state index contributed by atoms with van der Waals surface area (Å²) in [5, 5.41) is 0. The molecule has 1 aliphatic rings. The molecule has 4 N–H and O–H groups in total. The lowest BCUT2D eigenvalue weighted by molar-refractivity contribution is 0.103. The molecule has 3 rings (SSSR count). The molecule has 0 radical (unpaired) electrons. The Bertz CT molecular complexity index is 994. The van der Waals surface area contributed by atoms with Crippen LogP contribution in [0.5, 0.6) is 17.2 Å². The Morgan fingerprint density at radius 1 is 1.10 bits per heavy atom. The monoisotopic (exact) mass is 433 g/mol. The predicted molar refractivity (Wildman–Crippen MR) is 114 cm³/mol. The average Bonchev–Trinajstić information content (AvgIpc) is 2.99. The summed E-state index contributed by atoms with van der Waals surface area (Å²) in [6.07, 6.45) is 2.28. The van der Waals surface area contributed by atoms with E-state index in [1.807, 2.05) is 32.1 Å². The number of benzene rings is 2. The summed E-state index contributed by atoms with van der Waals surface area (Å²) in [5.41, 5.74) is 10.8. The van der Waals surface area contributed by atoms with Crippen LogP contribution >= 0.6 is 8.60 Å². The van der Waals surface area contributed by atoms with Crippen molar-refractivity contribution in [2.45, 2.75) is 20.3 Å². The van der Waals surface area contributed by atoms with Crippen molar-refractivity contribution in [2.75, 3.05) is 26.7 Å². The van der Waals surface area contributed by atoms with Crippen molar-refractivity contribution < 1.29 is 33.3 Å². The number of aryl methyl sites for hydroxylation is 2. The minimum Gasteiger partial charge on any atom is -0.493 e. The van der Waals surface area contributed by atoms with Gasteiger partial charge in [0.15, 0.2) is 24.1 Å². The van der Waals surface area contributed by atoms with Crippen molar-refractivity contribution in [1.82, 2.24) is 0 Å². The second-order valence-corrected chi connectivity index (χ2v) is 7.63. The maximum atomic E-state index is 13.0. The molecule has 0 aliphatic heterocycles. The van der Waals surface area contributed by atoms with Crippen LogP contribution in [0.1, 0.15) is 32.6 Å². The maximum Gasteiger partial charge on any atom is 0.330 e. The van der Waals surface area contributed by atoms with Crippen molar-refractivity contribution in [3.05, 3.63) is 51.6 Å². The standard InChI is InChI=1S/C21H24NO7P/c1-11-5-13(6-12(2)20(11)28-10-29-30(24)25)7-15-8-14-9-16(26-3)21(27-4)18(22)17(14)19(15)23/h5-7,9,24-25H,8,10,22H2,1-4H3/b15-7+. The van der Waals surface area contributed by atoms with Crippen molar-refractivity contribution in [2.24, 2.45) is 0 Å². The van der Waals surface area contributed by atoms with Gasteiger partial charge in [0.1, 0.15) is 5.75 Å². The van der Waals surface area contributed by atoms with Gasteiger partial charge in [0.25, 0.3) is 0 Å². The topological polar surface area (TPSA) is 120 Å². The molecule has 2 aromatic rings. The number of nitrogens with two attached hydrogens (primary N) is 1. The Balaban J connectivity index is 1.90. The number of anilines is 1. The lowest BCUT2D eigenvalue weighted by atomic mass is 10.0. The van der Waals surface area contributed by atoms with Crippen LogP contribution in [0.15, 0.2) is 23.8 Å². The van der Waals surface area contributed by atoms with E-state index in [1.54, 1.807) is 6.07 Å². The summed E-state index contributed by atoms with van der Waals surface area (Å²) < 4.78 is 20.8. The highest BCUT2D eigenvalue weighted by atomic mass is 31.2. The summed E-state index contributed by atoms with van der Waals surface area (Å²) in [7, 11) is 0.543. The highest BCUT2D eigenvalue weighted by molar-refractivity contribution is 7.39. The molecule has 0 amide bonds. The lowest BCUT2D eigenvalue weighted by Gasteiger charge is -2.13. The molecule has 0 atom stereocenters. The molecule has 160 valence electrons. The third-order valence-electron chi connectivity index (χ3n) is 4.88. The van der Waals surface area contributed by atoms with E-state index in [2.05, 4.69) is 4.52 Å². The van der Waals surface area contributed by atoms with Gasteiger partial charge in [0, 0.05) is 12.0 Å². The van der Waals surface area contributed by atoms with E-state index >= 15 is 0 Å². The summed E-state index contributed by atoms with van der Waals surface area (Å²) >= 11 is 0. The van der Waals surface area contributed by atoms with Crippen LogP contribution in [0.25, 0.3) is 6.08 Å². The van der Waals surface area contributed by atoms with Crippen molar-refractivity contribution in [3.8, 4) is 17.2 Å². The number of rotatable bonds is 7. The number of fused-ring (bicyclic) bond motifs is 1. The second-order valence-electron chi connectivity index (χ2n) is 6.86. The Morgan fingerprint density at radius 2 is 1.77 bits per heavy atom. The molecule has 30 heavy (non-hydrogen) atoms. The summed E-state index contributed by atoms with van der Waals surface area (Å²) in [4.78, 5) is 30.6. The van der Waals surface area contributed by atoms with Crippen LogP contribution in [-0.2, 0) is 10.9 Å². The van der Waals surface area contributed by atoms with Gasteiger partial charge < -0.3 is 29.7 Å². The number of allylic oxidation sites excluding steroid dienone is 1. The van der Waals surface area contributed by atoms with Gasteiger partial charge >= 0.3 is 8.60 Å². The van der Waals surface area contributed by atoms with Gasteiger partial charge in [-0.25, -0.2) is 0 Å². The number of hydrogen-bond donors (Lipinski definition) is 3. The number of methoxy groups -OCH3 is 2. The van der Waals surface area contributed by atoms with Gasteiger partial charge in [-0.2, -0.15) is 0 Å². The molecule has 1 aliphatic carbocycles. The number of carbonyl (C=O) groups excluding carboxylic acids is 1. The van der Waals surface area contributed by atoms with E-state index < -0.39 is 8.60 Å². The van der Waals surface area contributed by atoms with E-state index in [4.69, 9.17) is 29.7 Å². The minimum atomic E-state index is -2.47. The molecule has 0 saturated carbocycles. The second kappa shape index (κ2) is 9.02. The zero-order chi connectivity index (χ0) is 22.0. The Morgan fingerprint density at radius 3 is 2.33 bits per heavy atom. The fourth-order valence-electron chi connectivity index (χ4n) is 3.68. The van der Waals surface area contributed by atoms with Gasteiger partial charge in [-0.1, -0.05) is 0 Å². The van der Waals surface area contributed by atoms with Gasteiger partial charge in [-0.3, -0.25) is 9.32 Å². The molecule has 0 unspecified atom stereocenters. The van der Waals surface area contributed by atoms with Gasteiger partial charge in [-0.15, -0.1) is 0 Å². The van der Waals surface area contributed by atoms with E-state index in [9.17, 15) is 4.79 Å². The maximum absolute atomic E-state index is 13.0. The molecular formula is C21H24NO7P. The van der Waals surface area contributed by atoms with Crippen LogP contribution in [-0.4, -0.2) is 36.6 Å². The van der Waals surface area contributed by atoms with E-state index in [1.165, 1.54) is 14.2 Å². The van der Waals surface area contributed by atoms with Crippen LogP contribution in [0.2, 0.25) is 0 Å². The van der Waals surface area contributed by atoms with Crippen LogP contribution in [0.4, 0.5) is 5.69 Å². The van der Waals surface area contributed by atoms with E-state index in [0.717, 1.165) is 22.3 Å². The zero-order valence-corrected chi connectivity index (χ0v) is 18.1. The number of carbonyl (C=O) groups is 1. The highest BCUT2D eigenvalue weighted by Gasteiger charge is 2.31. The third-order valence-corrected chi connectivity index (χ3v) is 5.22. The van der Waals surface area contributed by atoms with Gasteiger partial charge in [-0.05, 0) is 60.4 Å². The molecule has 8 nitrogen and oxygen atoms in total. The van der Waals surface area contributed by atoms with Crippen LogP contribution < -0.4 is 19.9 Å². The number of ketones is 1. The molecule has 0 spiro atoms. The fourth-order valence-corrected chi connectivity index (χ4v) is 3.82. The first kappa shape index (κ1) is 22.1. The molecule has 0 heterocycles. The van der Waals surface area contributed by atoms with E-state index in [-0.39, 0.29) is 18.3 Å². The van der Waals surface area contributed by atoms with Crippen molar-refractivity contribution >= 4 is 26.1 Å². The number of hydrogen-bond acceptors (Lipinski definition) is 8. The molecule has 0 fully saturated rings. The molecule has 0 bridgehead atoms. The largest absolute Gasteiger partial charge is 0.493 e. The minimum absolute atomic E-state index is 0.133. The van der Waals surface area contributed by atoms with Gasteiger partial charge in [0.2, 0.25) is 0 Å². The summed E-state index contributed by atoms with van der Waals surface area (Å²) in [6, 6.07) is 5.56. The number of nitrogen functional groups attached to an aromatic ring is 1. The van der Waals surface area contributed by atoms with E-state index in [0.29, 0.717) is 34.8 Å². The SMILES string of the molecule is COc1cc2c(c(N)c1OC)C(=O)/C(=C/c1cc(C)c(OCOP(O)O)c(C)c1)C2. The molecule has 0 aromatic heterocycles. The third kappa shape index (κ3) is 4.27. The van der Waals surface area contributed by atoms with Crippen molar-refractivity contribution in [1.29, 1.82) is 0 Å². The molecular weight excluding hydrogens is 409 g/mol. The van der Waals surface area contributed by atoms with Crippen LogP contribution in [0.3, 0.4) is 0 Å². The Hall–Kier alpha value is -2.64. The fraction of sp³-hybridized carbons (Fsp3) is 0.286. The summed E-state index contributed by atoms with van der Waals surface area (Å²) in [6.45, 7) is 3.46. The van der Waals surface area contributed by atoms with Crippen molar-refractivity contribution in [3.63, 3.8) is 0 Å². The molecule has 2 aromatic carbocycles.